The van der Waals surface area contributed by atoms with E-state index in [2.05, 4.69) is 0 Å². The van der Waals surface area contributed by atoms with Gasteiger partial charge in [0.1, 0.15) is 0 Å². The second-order valence-electron chi connectivity index (χ2n) is 1.65. The minimum Gasteiger partial charge on any atom is -0.549 e. The fourth-order valence-corrected chi connectivity index (χ4v) is 0.640. The molecule has 1 saturated heterocycles. The van der Waals surface area contributed by atoms with Crippen LogP contribution >= 0.6 is 0 Å². The van der Waals surface area contributed by atoms with Crippen molar-refractivity contribution in [3.63, 3.8) is 0 Å². The minimum absolute atomic E-state index is 0. The Hall–Kier alpha value is 0.557. The average molecular weight is 92.1 g/mol. The van der Waals surface area contributed by atoms with Gasteiger partial charge >= 0.3 is 18.9 Å². The molecule has 0 unspecified atom stereocenters. The van der Waals surface area contributed by atoms with Gasteiger partial charge in [0.25, 0.3) is 0 Å². The van der Waals surface area contributed by atoms with Crippen molar-refractivity contribution in [3.05, 3.63) is 6.10 Å². The molecule has 0 atom stereocenters. The van der Waals surface area contributed by atoms with Gasteiger partial charge in [0.05, 0.1) is 0 Å². The van der Waals surface area contributed by atoms with Crippen LogP contribution in [0.4, 0.5) is 0 Å². The molecular weight excluding hydrogens is 83.0 g/mol. The Morgan fingerprint density at radius 1 is 1.57 bits per heavy atom. The Morgan fingerprint density at radius 3 is 2.43 bits per heavy atom. The van der Waals surface area contributed by atoms with Gasteiger partial charge in [-0.15, -0.1) is 0 Å². The van der Waals surface area contributed by atoms with E-state index in [-0.39, 0.29) is 18.9 Å². The van der Waals surface area contributed by atoms with Crippen LogP contribution in [-0.4, -0.2) is 6.61 Å². The third-order valence-electron chi connectivity index (χ3n) is 1.02. The van der Waals surface area contributed by atoms with Crippen molar-refractivity contribution in [2.45, 2.75) is 19.8 Å². The minimum atomic E-state index is 0. The normalized spacial score (nSPS) is 21.9. The number of hydrogen-bond acceptors (Lipinski definition) is 1. The van der Waals surface area contributed by atoms with Gasteiger partial charge in [0.2, 0.25) is 0 Å². The maximum absolute atomic E-state index is 5.07. The van der Waals surface area contributed by atoms with Gasteiger partial charge in [-0.3, -0.25) is 0 Å². The molecule has 0 N–H and O–H groups in total. The summed E-state index contributed by atoms with van der Waals surface area (Å²) in [6, 6.07) is 0. The summed E-state index contributed by atoms with van der Waals surface area (Å²) in [6.45, 7) is 2.98. The van der Waals surface area contributed by atoms with Crippen LogP contribution in [0.5, 0.6) is 0 Å². The van der Waals surface area contributed by atoms with Gasteiger partial charge in [-0.1, -0.05) is 6.42 Å². The molecule has 7 heavy (non-hydrogen) atoms. The zero-order valence-corrected chi connectivity index (χ0v) is 5.03. The zero-order chi connectivity index (χ0) is 4.41. The SMILES string of the molecule is C[C-]1CCCO1.[Li+]. The molecule has 0 spiro atoms. The van der Waals surface area contributed by atoms with E-state index in [1.807, 2.05) is 6.92 Å². The molecule has 0 radical (unpaired) electrons. The molecule has 1 fully saturated rings. The van der Waals surface area contributed by atoms with Crippen LogP contribution in [0, 0.1) is 6.10 Å². The number of ether oxygens (including phenoxy) is 1. The molecule has 1 heterocycles. The summed E-state index contributed by atoms with van der Waals surface area (Å²) in [4.78, 5) is 0. The molecule has 0 aromatic rings. The first-order chi connectivity index (χ1) is 2.89. The van der Waals surface area contributed by atoms with Gasteiger partial charge in [0, 0.05) is 6.61 Å². The molecule has 1 rings (SSSR count). The first-order valence-corrected chi connectivity index (χ1v) is 2.35. The van der Waals surface area contributed by atoms with Crippen molar-refractivity contribution in [1.29, 1.82) is 0 Å². The van der Waals surface area contributed by atoms with Crippen LogP contribution < -0.4 is 18.9 Å². The third kappa shape index (κ3) is 2.38. The molecule has 0 amide bonds. The van der Waals surface area contributed by atoms with Crippen LogP contribution in [0.25, 0.3) is 0 Å². The molecule has 0 saturated carbocycles. The van der Waals surface area contributed by atoms with E-state index in [9.17, 15) is 0 Å². The van der Waals surface area contributed by atoms with Crippen LogP contribution in [0.2, 0.25) is 0 Å². The second-order valence-corrected chi connectivity index (χ2v) is 1.65. The summed E-state index contributed by atoms with van der Waals surface area (Å²) in [6.07, 6.45) is 3.61. The van der Waals surface area contributed by atoms with Crippen molar-refractivity contribution in [3.8, 4) is 0 Å². The van der Waals surface area contributed by atoms with E-state index in [1.165, 1.54) is 18.9 Å². The Bertz CT molecular complexity index is 41.3. The van der Waals surface area contributed by atoms with E-state index in [0.717, 1.165) is 6.61 Å². The van der Waals surface area contributed by atoms with Crippen molar-refractivity contribution >= 4 is 0 Å². The molecule has 1 aliphatic rings. The van der Waals surface area contributed by atoms with Crippen molar-refractivity contribution in [2.24, 2.45) is 0 Å². The van der Waals surface area contributed by atoms with E-state index < -0.39 is 0 Å². The zero-order valence-electron chi connectivity index (χ0n) is 5.03. The summed E-state index contributed by atoms with van der Waals surface area (Å²) in [5.74, 6) is 0. The first-order valence-electron chi connectivity index (χ1n) is 2.35. The van der Waals surface area contributed by atoms with Gasteiger partial charge in [-0.05, 0) is 0 Å². The predicted molar refractivity (Wildman–Crippen MR) is 24.1 cm³/mol. The Balaban J connectivity index is 0.000000360. The van der Waals surface area contributed by atoms with E-state index in [4.69, 9.17) is 4.74 Å². The van der Waals surface area contributed by atoms with E-state index in [0.29, 0.717) is 0 Å². The molecule has 0 aromatic heterocycles. The third-order valence-corrected chi connectivity index (χ3v) is 1.02. The standard InChI is InChI=1S/C5H9O.Li/c1-5-3-2-4-6-5;/h2-4H2,1H3;/q-1;+1. The average Bonchev–Trinajstić information content (AvgIpc) is 1.86. The summed E-state index contributed by atoms with van der Waals surface area (Å²) in [5, 5.41) is 0. The van der Waals surface area contributed by atoms with Crippen LogP contribution in [0.3, 0.4) is 0 Å². The first kappa shape index (κ1) is 7.56. The predicted octanol–water partition coefficient (Wildman–Crippen LogP) is -1.65. The molecule has 1 nitrogen and oxygen atoms in total. The Kier molecular flexibility index (Phi) is 3.83. The van der Waals surface area contributed by atoms with Crippen molar-refractivity contribution < 1.29 is 23.6 Å². The summed E-state index contributed by atoms with van der Waals surface area (Å²) >= 11 is 0. The van der Waals surface area contributed by atoms with E-state index >= 15 is 0 Å². The van der Waals surface area contributed by atoms with Gasteiger partial charge < -0.3 is 4.74 Å². The quantitative estimate of drug-likeness (QED) is 0.257. The van der Waals surface area contributed by atoms with Crippen LogP contribution in [0.1, 0.15) is 19.8 Å². The Labute approximate surface area is 56.6 Å². The number of rotatable bonds is 0. The smallest absolute Gasteiger partial charge is 0.549 e. The molecule has 0 bridgehead atoms. The van der Waals surface area contributed by atoms with Gasteiger partial charge in [-0.2, -0.15) is 19.4 Å². The van der Waals surface area contributed by atoms with Gasteiger partial charge in [-0.25, -0.2) is 0 Å². The maximum atomic E-state index is 5.07. The summed E-state index contributed by atoms with van der Waals surface area (Å²) in [7, 11) is 0. The molecule has 0 aromatic carbocycles. The van der Waals surface area contributed by atoms with Crippen molar-refractivity contribution in [2.75, 3.05) is 6.61 Å². The fraction of sp³-hybridized carbons (Fsp3) is 0.800. The molecular formula is C5H9LiO. The van der Waals surface area contributed by atoms with Crippen molar-refractivity contribution in [1.82, 2.24) is 0 Å². The maximum Gasteiger partial charge on any atom is 1.00 e. The largest absolute Gasteiger partial charge is 1.00 e. The number of hydrogen-bond donors (Lipinski definition) is 0. The molecule has 0 aliphatic carbocycles. The topological polar surface area (TPSA) is 9.23 Å². The monoisotopic (exact) mass is 92.1 g/mol. The van der Waals surface area contributed by atoms with Gasteiger partial charge in [0.15, 0.2) is 0 Å². The Morgan fingerprint density at radius 2 is 2.29 bits per heavy atom. The van der Waals surface area contributed by atoms with E-state index in [1.54, 1.807) is 0 Å². The van der Waals surface area contributed by atoms with Crippen LogP contribution in [-0.2, 0) is 4.74 Å². The second kappa shape index (κ2) is 3.55. The fourth-order valence-electron chi connectivity index (χ4n) is 0.640. The molecule has 1 aliphatic heterocycles. The van der Waals surface area contributed by atoms with Crippen LogP contribution in [0.15, 0.2) is 0 Å². The molecule has 2 heteroatoms. The summed E-state index contributed by atoms with van der Waals surface area (Å²) < 4.78 is 5.07. The molecule has 36 valence electrons. The summed E-state index contributed by atoms with van der Waals surface area (Å²) in [5.41, 5.74) is 0.